The van der Waals surface area contributed by atoms with Crippen LogP contribution in [-0.4, -0.2) is 14.0 Å². The monoisotopic (exact) mass is 239 g/mol. The lowest BCUT2D eigenvalue weighted by molar-refractivity contribution is 0.794. The molecule has 0 saturated carbocycles. The highest BCUT2D eigenvalue weighted by Crippen LogP contribution is 2.01. The van der Waals surface area contributed by atoms with E-state index in [-0.39, 0.29) is 0 Å². The van der Waals surface area contributed by atoms with Crippen LogP contribution in [0.4, 0.5) is 0 Å². The Hall–Kier alpha value is -2.69. The molecule has 0 radical (unpaired) electrons. The molecule has 0 N–H and O–H groups in total. The molecule has 0 unspecified atom stereocenters. The first-order chi connectivity index (χ1) is 8.77. The van der Waals surface area contributed by atoms with Crippen LogP contribution < -0.4 is 11.4 Å². The molecule has 5 heteroatoms. The third-order valence-corrected chi connectivity index (χ3v) is 2.65. The van der Waals surface area contributed by atoms with Crippen molar-refractivity contribution in [3.8, 4) is 5.69 Å². The van der Waals surface area contributed by atoms with Crippen molar-refractivity contribution in [2.24, 2.45) is 0 Å². The normalized spacial score (nSPS) is 10.7. The van der Waals surface area contributed by atoms with Gasteiger partial charge in [0.05, 0.1) is 5.69 Å². The summed E-state index contributed by atoms with van der Waals surface area (Å²) in [5, 5.41) is 0. The third kappa shape index (κ3) is 1.53. The van der Waals surface area contributed by atoms with Gasteiger partial charge in [0, 0.05) is 6.20 Å². The Morgan fingerprint density at radius 3 is 2.39 bits per heavy atom. The van der Waals surface area contributed by atoms with E-state index in [1.54, 1.807) is 48.7 Å². The van der Waals surface area contributed by atoms with Gasteiger partial charge < -0.3 is 0 Å². The van der Waals surface area contributed by atoms with Gasteiger partial charge in [0.1, 0.15) is 5.65 Å². The Labute approximate surface area is 102 Å². The van der Waals surface area contributed by atoms with Gasteiger partial charge >= 0.3 is 11.4 Å². The molecule has 88 valence electrons. The van der Waals surface area contributed by atoms with Crippen LogP contribution in [0.3, 0.4) is 0 Å². The van der Waals surface area contributed by atoms with Crippen LogP contribution >= 0.6 is 0 Å². The van der Waals surface area contributed by atoms with Crippen LogP contribution in [0.15, 0.2) is 64.3 Å². The number of hydrogen-bond donors (Lipinski definition) is 0. The zero-order valence-electron chi connectivity index (χ0n) is 9.35. The lowest BCUT2D eigenvalue weighted by Gasteiger charge is -2.05. The maximum atomic E-state index is 12.2. The summed E-state index contributed by atoms with van der Waals surface area (Å²) in [5.41, 5.74) is -0.132. The number of pyridine rings is 1. The van der Waals surface area contributed by atoms with Gasteiger partial charge in [-0.25, -0.2) is 14.2 Å². The summed E-state index contributed by atoms with van der Waals surface area (Å²) >= 11 is 0. The molecular formula is C13H9N3O2. The number of hydrogen-bond acceptors (Lipinski definition) is 3. The molecule has 0 spiro atoms. The molecule has 3 rings (SSSR count). The van der Waals surface area contributed by atoms with E-state index in [1.165, 1.54) is 4.40 Å². The first-order valence-corrected chi connectivity index (χ1v) is 5.43. The van der Waals surface area contributed by atoms with Crippen molar-refractivity contribution >= 4 is 5.65 Å². The molecule has 0 aliphatic carbocycles. The average molecular weight is 239 g/mol. The summed E-state index contributed by atoms with van der Waals surface area (Å²) in [7, 11) is 0. The van der Waals surface area contributed by atoms with Crippen molar-refractivity contribution in [1.82, 2.24) is 14.0 Å². The highest BCUT2D eigenvalue weighted by molar-refractivity contribution is 5.38. The lowest BCUT2D eigenvalue weighted by Crippen LogP contribution is -2.37. The lowest BCUT2D eigenvalue weighted by atomic mass is 10.3. The number of nitrogens with zero attached hydrogens (tertiary/aromatic N) is 3. The molecule has 0 aliphatic rings. The molecule has 0 bridgehead atoms. The Bertz CT molecular complexity index is 819. The average Bonchev–Trinajstić information content (AvgIpc) is 2.40. The molecule has 0 saturated heterocycles. The Morgan fingerprint density at radius 2 is 1.61 bits per heavy atom. The van der Waals surface area contributed by atoms with E-state index in [0.717, 1.165) is 4.57 Å². The second-order valence-electron chi connectivity index (χ2n) is 3.78. The zero-order chi connectivity index (χ0) is 12.5. The predicted molar refractivity (Wildman–Crippen MR) is 67.1 cm³/mol. The minimum Gasteiger partial charge on any atom is -0.252 e. The van der Waals surface area contributed by atoms with Crippen LogP contribution in [0.1, 0.15) is 0 Å². The molecule has 1 aromatic carbocycles. The number of benzene rings is 1. The van der Waals surface area contributed by atoms with E-state index in [2.05, 4.69) is 4.98 Å². The maximum Gasteiger partial charge on any atom is 0.358 e. The molecule has 0 amide bonds. The first-order valence-electron chi connectivity index (χ1n) is 5.43. The van der Waals surface area contributed by atoms with Crippen LogP contribution in [0.25, 0.3) is 11.3 Å². The van der Waals surface area contributed by atoms with Crippen LogP contribution in [0.5, 0.6) is 0 Å². The fraction of sp³-hybridized carbons (Fsp3) is 0. The minimum absolute atomic E-state index is 0.347. The fourth-order valence-electron chi connectivity index (χ4n) is 1.82. The Balaban J connectivity index is 2.45. The first kappa shape index (κ1) is 10.5. The van der Waals surface area contributed by atoms with Gasteiger partial charge in [0.2, 0.25) is 0 Å². The summed E-state index contributed by atoms with van der Waals surface area (Å²) in [5.74, 6) is 0. The SMILES string of the molecule is O=c1nc2ccccn2c(=O)n1-c1ccccc1. The molecule has 18 heavy (non-hydrogen) atoms. The van der Waals surface area contributed by atoms with E-state index in [1.807, 2.05) is 6.07 Å². The van der Waals surface area contributed by atoms with Crippen LogP contribution in [0.2, 0.25) is 0 Å². The van der Waals surface area contributed by atoms with E-state index < -0.39 is 11.4 Å². The molecule has 0 fully saturated rings. The molecule has 2 heterocycles. The standard InChI is InChI=1S/C13H9N3O2/c17-12-14-11-8-4-5-9-15(11)13(18)16(12)10-6-2-1-3-7-10/h1-9H. The number of fused-ring (bicyclic) bond motifs is 1. The number of para-hydroxylation sites is 1. The Morgan fingerprint density at radius 1 is 0.889 bits per heavy atom. The van der Waals surface area contributed by atoms with Gasteiger partial charge in [-0.15, -0.1) is 0 Å². The van der Waals surface area contributed by atoms with Crippen molar-refractivity contribution in [2.45, 2.75) is 0 Å². The summed E-state index contributed by atoms with van der Waals surface area (Å²) in [4.78, 5) is 28.0. The van der Waals surface area contributed by atoms with Gasteiger partial charge in [-0.2, -0.15) is 4.98 Å². The summed E-state index contributed by atoms with van der Waals surface area (Å²) in [6.07, 6.45) is 1.59. The number of rotatable bonds is 1. The molecule has 3 aromatic rings. The Kier molecular flexibility index (Phi) is 2.30. The van der Waals surface area contributed by atoms with Crippen molar-refractivity contribution in [1.29, 1.82) is 0 Å². The van der Waals surface area contributed by atoms with Gasteiger partial charge in [-0.05, 0) is 24.3 Å². The highest BCUT2D eigenvalue weighted by atomic mass is 16.2. The predicted octanol–water partition coefficient (Wildman–Crippen LogP) is 0.845. The van der Waals surface area contributed by atoms with E-state index in [9.17, 15) is 9.59 Å². The van der Waals surface area contributed by atoms with E-state index >= 15 is 0 Å². The summed E-state index contributed by atoms with van der Waals surface area (Å²) < 4.78 is 2.39. The van der Waals surface area contributed by atoms with E-state index in [0.29, 0.717) is 11.3 Å². The van der Waals surface area contributed by atoms with E-state index in [4.69, 9.17) is 0 Å². The van der Waals surface area contributed by atoms with Crippen LogP contribution in [-0.2, 0) is 0 Å². The maximum absolute atomic E-state index is 12.2. The van der Waals surface area contributed by atoms with Crippen LogP contribution in [0, 0.1) is 0 Å². The fourth-order valence-corrected chi connectivity index (χ4v) is 1.82. The molecular weight excluding hydrogens is 230 g/mol. The van der Waals surface area contributed by atoms with Crippen molar-refractivity contribution in [2.75, 3.05) is 0 Å². The minimum atomic E-state index is -0.572. The second-order valence-corrected chi connectivity index (χ2v) is 3.78. The van der Waals surface area contributed by atoms with Crippen molar-refractivity contribution < 1.29 is 0 Å². The number of aromatic nitrogens is 3. The van der Waals surface area contributed by atoms with Gasteiger partial charge in [0.25, 0.3) is 0 Å². The zero-order valence-corrected chi connectivity index (χ0v) is 9.35. The molecule has 2 aromatic heterocycles. The smallest absolute Gasteiger partial charge is 0.252 e. The van der Waals surface area contributed by atoms with Crippen molar-refractivity contribution in [3.63, 3.8) is 0 Å². The summed E-state index contributed by atoms with van der Waals surface area (Å²) in [6.45, 7) is 0. The van der Waals surface area contributed by atoms with Gasteiger partial charge in [0.15, 0.2) is 0 Å². The topological polar surface area (TPSA) is 56.4 Å². The third-order valence-electron chi connectivity index (χ3n) is 2.65. The highest BCUT2D eigenvalue weighted by Gasteiger charge is 2.08. The molecule has 0 aliphatic heterocycles. The quantitative estimate of drug-likeness (QED) is 0.632. The van der Waals surface area contributed by atoms with Gasteiger partial charge in [-0.1, -0.05) is 24.3 Å². The largest absolute Gasteiger partial charge is 0.358 e. The van der Waals surface area contributed by atoms with Gasteiger partial charge in [-0.3, -0.25) is 4.40 Å². The molecule has 5 nitrogen and oxygen atoms in total. The molecule has 0 atom stereocenters. The summed E-state index contributed by atoms with van der Waals surface area (Å²) in [6, 6.07) is 13.8. The van der Waals surface area contributed by atoms with Crippen molar-refractivity contribution in [3.05, 3.63) is 75.7 Å². The second kappa shape index (κ2) is 3.96.